The van der Waals surface area contributed by atoms with Crippen molar-refractivity contribution in [1.82, 2.24) is 0 Å². The summed E-state index contributed by atoms with van der Waals surface area (Å²) >= 11 is 0. The largest absolute Gasteiger partial charge is 0.497 e. The van der Waals surface area contributed by atoms with Gasteiger partial charge in [-0.1, -0.05) is 26.0 Å². The normalized spacial score (nSPS) is 19.8. The zero-order valence-corrected chi connectivity index (χ0v) is 19.8. The molecule has 33 heavy (non-hydrogen) atoms. The molecule has 2 aromatic rings. The molecule has 0 amide bonds. The van der Waals surface area contributed by atoms with Crippen molar-refractivity contribution < 1.29 is 9.53 Å². The number of benzene rings is 2. The Kier molecular flexibility index (Phi) is 5.67. The molecule has 0 saturated carbocycles. The molecule has 6 heteroatoms. The van der Waals surface area contributed by atoms with Gasteiger partial charge in [0.2, 0.25) is 0 Å². The minimum atomic E-state index is -0.473. The van der Waals surface area contributed by atoms with E-state index < -0.39 is 5.92 Å². The fourth-order valence-corrected chi connectivity index (χ4v) is 4.83. The summed E-state index contributed by atoms with van der Waals surface area (Å²) in [4.78, 5) is 17.5. The van der Waals surface area contributed by atoms with Crippen LogP contribution in [0.1, 0.15) is 38.2 Å². The molecule has 0 bridgehead atoms. The lowest BCUT2D eigenvalue weighted by Gasteiger charge is -2.43. The highest BCUT2D eigenvalue weighted by atomic mass is 16.5. The number of ketones is 1. The summed E-state index contributed by atoms with van der Waals surface area (Å²) in [6.45, 7) is 4.20. The summed E-state index contributed by atoms with van der Waals surface area (Å²) in [5.41, 5.74) is 11.2. The number of allylic oxidation sites excluding steroid dienone is 3. The van der Waals surface area contributed by atoms with Gasteiger partial charge >= 0.3 is 0 Å². The van der Waals surface area contributed by atoms with E-state index in [2.05, 4.69) is 19.9 Å². The summed E-state index contributed by atoms with van der Waals surface area (Å²) in [5, 5.41) is 10.2. The van der Waals surface area contributed by atoms with Crippen molar-refractivity contribution in [2.24, 2.45) is 11.1 Å². The predicted molar refractivity (Wildman–Crippen MR) is 131 cm³/mol. The minimum Gasteiger partial charge on any atom is -0.497 e. The van der Waals surface area contributed by atoms with E-state index in [0.29, 0.717) is 29.8 Å². The van der Waals surface area contributed by atoms with Crippen molar-refractivity contribution in [1.29, 1.82) is 5.26 Å². The average molecular weight is 443 g/mol. The first-order valence-corrected chi connectivity index (χ1v) is 11.0. The van der Waals surface area contributed by atoms with Gasteiger partial charge in [0.05, 0.1) is 24.7 Å². The number of Topliss-reactive ketones (excluding diaryl/α,β-unsaturated/α-hetero) is 1. The third-order valence-corrected chi connectivity index (χ3v) is 6.45. The van der Waals surface area contributed by atoms with Crippen LogP contribution in [0.3, 0.4) is 0 Å². The fraction of sp³-hybridized carbons (Fsp3) is 0.333. The number of carbonyl (C=O) groups is 1. The smallest absolute Gasteiger partial charge is 0.162 e. The first kappa shape index (κ1) is 22.5. The molecule has 2 aliphatic rings. The highest BCUT2D eigenvalue weighted by molar-refractivity contribution is 6.01. The van der Waals surface area contributed by atoms with Gasteiger partial charge in [-0.25, -0.2) is 0 Å². The molecule has 0 saturated heterocycles. The van der Waals surface area contributed by atoms with E-state index in [-0.39, 0.29) is 11.2 Å². The van der Waals surface area contributed by atoms with Crippen LogP contribution in [0, 0.1) is 16.7 Å². The summed E-state index contributed by atoms with van der Waals surface area (Å²) in [7, 11) is 5.58. The van der Waals surface area contributed by atoms with Crippen LogP contribution in [0.5, 0.6) is 5.75 Å². The SMILES string of the molecule is COc1ccc(N2C(N)=C(C#N)[C@@H](c3ccc(N(C)C)cc3)C3=C2CC(C)(C)CC3=O)cc1. The van der Waals surface area contributed by atoms with Crippen molar-refractivity contribution in [2.45, 2.75) is 32.6 Å². The highest BCUT2D eigenvalue weighted by Gasteiger charge is 2.44. The van der Waals surface area contributed by atoms with E-state index in [1.165, 1.54) is 0 Å². The first-order chi connectivity index (χ1) is 15.7. The van der Waals surface area contributed by atoms with E-state index in [1.807, 2.05) is 72.4 Å². The van der Waals surface area contributed by atoms with Gasteiger partial charge in [-0.2, -0.15) is 5.26 Å². The molecule has 1 aliphatic heterocycles. The molecule has 2 N–H and O–H groups in total. The predicted octanol–water partition coefficient (Wildman–Crippen LogP) is 4.70. The lowest BCUT2D eigenvalue weighted by Crippen LogP contribution is -2.42. The van der Waals surface area contributed by atoms with Crippen LogP contribution in [0.15, 0.2) is 71.2 Å². The average Bonchev–Trinajstić information content (AvgIpc) is 2.78. The number of rotatable bonds is 4. The van der Waals surface area contributed by atoms with Gasteiger partial charge in [0.25, 0.3) is 0 Å². The second-order valence-electron chi connectivity index (χ2n) is 9.66. The van der Waals surface area contributed by atoms with Gasteiger partial charge < -0.3 is 15.4 Å². The van der Waals surface area contributed by atoms with Crippen LogP contribution in [-0.2, 0) is 4.79 Å². The molecular weight excluding hydrogens is 412 g/mol. The molecule has 0 fully saturated rings. The Morgan fingerprint density at radius 3 is 2.27 bits per heavy atom. The van der Waals surface area contributed by atoms with Crippen LogP contribution in [-0.4, -0.2) is 27.0 Å². The van der Waals surface area contributed by atoms with E-state index >= 15 is 0 Å². The van der Waals surface area contributed by atoms with Gasteiger partial charge in [-0.05, 0) is 53.8 Å². The highest BCUT2D eigenvalue weighted by Crippen LogP contribution is 2.50. The Bertz CT molecular complexity index is 1180. The van der Waals surface area contributed by atoms with E-state index in [1.54, 1.807) is 7.11 Å². The zero-order chi connectivity index (χ0) is 23.9. The van der Waals surface area contributed by atoms with Crippen molar-refractivity contribution in [3.05, 3.63) is 76.8 Å². The van der Waals surface area contributed by atoms with Crippen LogP contribution in [0.4, 0.5) is 11.4 Å². The van der Waals surface area contributed by atoms with E-state index in [0.717, 1.165) is 28.4 Å². The quantitative estimate of drug-likeness (QED) is 0.739. The van der Waals surface area contributed by atoms with Crippen LogP contribution in [0.25, 0.3) is 0 Å². The summed E-state index contributed by atoms with van der Waals surface area (Å²) in [6.07, 6.45) is 1.12. The van der Waals surface area contributed by atoms with Gasteiger partial charge in [0, 0.05) is 43.2 Å². The van der Waals surface area contributed by atoms with Crippen LogP contribution in [0.2, 0.25) is 0 Å². The number of hydrogen-bond acceptors (Lipinski definition) is 6. The topological polar surface area (TPSA) is 82.6 Å². The number of ether oxygens (including phenoxy) is 1. The number of carbonyl (C=O) groups excluding carboxylic acids is 1. The maximum atomic E-state index is 13.6. The van der Waals surface area contributed by atoms with Crippen LogP contribution >= 0.6 is 0 Å². The molecule has 1 aliphatic carbocycles. The van der Waals surface area contributed by atoms with Crippen LogP contribution < -0.4 is 20.3 Å². The number of anilines is 2. The summed E-state index contributed by atoms with van der Waals surface area (Å²) in [6, 6.07) is 17.9. The Hall–Kier alpha value is -3.72. The Morgan fingerprint density at radius 1 is 1.09 bits per heavy atom. The monoisotopic (exact) mass is 442 g/mol. The molecule has 0 unspecified atom stereocenters. The Morgan fingerprint density at radius 2 is 1.73 bits per heavy atom. The Balaban J connectivity index is 1.93. The molecule has 2 aromatic carbocycles. The number of nitriles is 1. The molecule has 0 aromatic heterocycles. The maximum Gasteiger partial charge on any atom is 0.162 e. The summed E-state index contributed by atoms with van der Waals surface area (Å²) in [5.74, 6) is 0.696. The van der Waals surface area contributed by atoms with Crippen molar-refractivity contribution in [3.63, 3.8) is 0 Å². The third-order valence-electron chi connectivity index (χ3n) is 6.45. The van der Waals surface area contributed by atoms with Crippen molar-refractivity contribution in [3.8, 4) is 11.8 Å². The van der Waals surface area contributed by atoms with Gasteiger partial charge in [0.15, 0.2) is 5.78 Å². The summed E-state index contributed by atoms with van der Waals surface area (Å²) < 4.78 is 5.30. The molecule has 1 atom stereocenters. The Labute approximate surface area is 195 Å². The van der Waals surface area contributed by atoms with Gasteiger partial charge in [0.1, 0.15) is 11.6 Å². The second kappa shape index (κ2) is 8.32. The lowest BCUT2D eigenvalue weighted by molar-refractivity contribution is -0.118. The molecule has 0 radical (unpaired) electrons. The maximum absolute atomic E-state index is 13.6. The minimum absolute atomic E-state index is 0.0710. The van der Waals surface area contributed by atoms with E-state index in [9.17, 15) is 10.1 Å². The van der Waals surface area contributed by atoms with E-state index in [4.69, 9.17) is 10.5 Å². The van der Waals surface area contributed by atoms with Gasteiger partial charge in [-0.15, -0.1) is 0 Å². The van der Waals surface area contributed by atoms with Gasteiger partial charge in [-0.3, -0.25) is 9.69 Å². The number of methoxy groups -OCH3 is 1. The molecule has 0 spiro atoms. The zero-order valence-electron chi connectivity index (χ0n) is 19.8. The number of hydrogen-bond donors (Lipinski definition) is 1. The first-order valence-electron chi connectivity index (χ1n) is 11.0. The number of nitrogens with zero attached hydrogens (tertiary/aromatic N) is 3. The lowest BCUT2D eigenvalue weighted by atomic mass is 9.68. The second-order valence-corrected chi connectivity index (χ2v) is 9.66. The molecule has 1 heterocycles. The van der Waals surface area contributed by atoms with Crippen molar-refractivity contribution >= 4 is 17.2 Å². The molecule has 6 nitrogen and oxygen atoms in total. The number of nitrogens with two attached hydrogens (primary N) is 1. The fourth-order valence-electron chi connectivity index (χ4n) is 4.83. The molecule has 170 valence electrons. The standard InChI is InChI=1S/C27H30N4O2/c1-27(2)14-22-25(23(32)15-27)24(17-6-8-18(9-7-17)30(3)4)21(16-28)26(29)31(22)19-10-12-20(33-5)13-11-19/h6-13,24H,14-15,29H2,1-5H3/t24-/m1/s1. The molecular formula is C27H30N4O2. The third kappa shape index (κ3) is 3.95. The molecule has 4 rings (SSSR count). The van der Waals surface area contributed by atoms with Crippen molar-refractivity contribution in [2.75, 3.05) is 31.0 Å².